The van der Waals surface area contributed by atoms with Crippen LogP contribution in [0.4, 0.5) is 13.2 Å². The number of hydrogen-bond donors (Lipinski definition) is 2. The molecule has 0 unspecified atom stereocenters. The van der Waals surface area contributed by atoms with Crippen LogP contribution in [-0.2, 0) is 30.5 Å². The highest BCUT2D eigenvalue weighted by molar-refractivity contribution is 7.89. The Kier molecular flexibility index (Phi) is 8.03. The molecule has 0 aromatic heterocycles. The number of alkyl halides is 3. The lowest BCUT2D eigenvalue weighted by Crippen LogP contribution is -2.30. The van der Waals surface area contributed by atoms with Crippen LogP contribution in [0.2, 0.25) is 0 Å². The SMILES string of the molecule is CCCNC(=O)COC(=O)CCNS(=O)(=O)c1cccc(C(F)(F)F)c1. The third-order valence-corrected chi connectivity index (χ3v) is 4.49. The molecule has 2 N–H and O–H groups in total. The van der Waals surface area contributed by atoms with Gasteiger partial charge in [0.15, 0.2) is 6.61 Å². The number of benzene rings is 1. The third kappa shape index (κ3) is 7.40. The van der Waals surface area contributed by atoms with E-state index < -0.39 is 45.1 Å². The molecule has 0 bridgehead atoms. The molecule has 146 valence electrons. The van der Waals surface area contributed by atoms with Crippen LogP contribution in [0.3, 0.4) is 0 Å². The van der Waals surface area contributed by atoms with Crippen molar-refractivity contribution in [3.63, 3.8) is 0 Å². The molecule has 0 heterocycles. The molecule has 11 heteroatoms. The molecular formula is C15H19F3N2O5S. The number of ether oxygens (including phenoxy) is 1. The molecular weight excluding hydrogens is 377 g/mol. The Labute approximate surface area is 149 Å². The van der Waals surface area contributed by atoms with Crippen LogP contribution in [0.15, 0.2) is 29.2 Å². The van der Waals surface area contributed by atoms with E-state index in [1.165, 1.54) is 0 Å². The predicted octanol–water partition coefficient (Wildman–Crippen LogP) is 1.44. The van der Waals surface area contributed by atoms with Crippen LogP contribution < -0.4 is 10.0 Å². The zero-order chi connectivity index (χ0) is 19.8. The maximum absolute atomic E-state index is 12.6. The molecule has 1 rings (SSSR count). The molecule has 0 saturated carbocycles. The van der Waals surface area contributed by atoms with Crippen LogP contribution in [0, 0.1) is 0 Å². The largest absolute Gasteiger partial charge is 0.456 e. The third-order valence-electron chi connectivity index (χ3n) is 3.03. The van der Waals surface area contributed by atoms with Crippen LogP contribution >= 0.6 is 0 Å². The molecule has 0 atom stereocenters. The number of rotatable bonds is 9. The van der Waals surface area contributed by atoms with Gasteiger partial charge in [-0.1, -0.05) is 13.0 Å². The molecule has 0 radical (unpaired) electrons. The summed E-state index contributed by atoms with van der Waals surface area (Å²) in [6, 6.07) is 3.23. The first kappa shape index (κ1) is 21.9. The average molecular weight is 396 g/mol. The second-order valence-electron chi connectivity index (χ2n) is 5.18. The molecule has 26 heavy (non-hydrogen) atoms. The first-order chi connectivity index (χ1) is 12.1. The molecule has 7 nitrogen and oxygen atoms in total. The first-order valence-corrected chi connectivity index (χ1v) is 9.14. The fourth-order valence-corrected chi connectivity index (χ4v) is 2.82. The van der Waals surface area contributed by atoms with Gasteiger partial charge in [-0.15, -0.1) is 0 Å². The van der Waals surface area contributed by atoms with E-state index in [1.807, 2.05) is 11.6 Å². The van der Waals surface area contributed by atoms with E-state index >= 15 is 0 Å². The van der Waals surface area contributed by atoms with Gasteiger partial charge in [0.05, 0.1) is 16.9 Å². The lowest BCUT2D eigenvalue weighted by atomic mass is 10.2. The molecule has 0 aliphatic heterocycles. The van der Waals surface area contributed by atoms with Gasteiger partial charge in [0.25, 0.3) is 5.91 Å². The molecule has 1 aromatic carbocycles. The highest BCUT2D eigenvalue weighted by Gasteiger charge is 2.31. The maximum atomic E-state index is 12.6. The normalized spacial score (nSPS) is 11.8. The van der Waals surface area contributed by atoms with E-state index in [-0.39, 0.29) is 13.0 Å². The van der Waals surface area contributed by atoms with Crippen molar-refractivity contribution >= 4 is 21.9 Å². The van der Waals surface area contributed by atoms with E-state index in [0.717, 1.165) is 24.6 Å². The van der Waals surface area contributed by atoms with Crippen molar-refractivity contribution in [1.29, 1.82) is 0 Å². The summed E-state index contributed by atoms with van der Waals surface area (Å²) in [6.07, 6.45) is -4.33. The molecule has 1 aromatic rings. The number of amides is 1. The zero-order valence-corrected chi connectivity index (χ0v) is 14.7. The van der Waals surface area contributed by atoms with Gasteiger partial charge in [-0.3, -0.25) is 9.59 Å². The minimum absolute atomic E-state index is 0.376. The number of hydrogen-bond acceptors (Lipinski definition) is 5. The first-order valence-electron chi connectivity index (χ1n) is 7.65. The smallest absolute Gasteiger partial charge is 0.416 e. The molecule has 1 amide bonds. The minimum Gasteiger partial charge on any atom is -0.456 e. The molecule has 0 spiro atoms. The number of nitrogens with one attached hydrogen (secondary N) is 2. The molecule has 0 fully saturated rings. The van der Waals surface area contributed by atoms with Crippen molar-refractivity contribution in [2.24, 2.45) is 0 Å². The van der Waals surface area contributed by atoms with Gasteiger partial charge in [-0.05, 0) is 24.6 Å². The lowest BCUT2D eigenvalue weighted by molar-refractivity contribution is -0.148. The molecule has 0 saturated heterocycles. The predicted molar refractivity (Wildman–Crippen MR) is 85.5 cm³/mol. The van der Waals surface area contributed by atoms with E-state index in [0.29, 0.717) is 12.6 Å². The maximum Gasteiger partial charge on any atom is 0.416 e. The highest BCUT2D eigenvalue weighted by Crippen LogP contribution is 2.30. The fourth-order valence-electron chi connectivity index (χ4n) is 1.74. The summed E-state index contributed by atoms with van der Waals surface area (Å²) in [5.74, 6) is -1.30. The topological polar surface area (TPSA) is 102 Å². The number of carbonyl (C=O) groups excluding carboxylic acids is 2. The van der Waals surface area contributed by atoms with E-state index in [2.05, 4.69) is 10.1 Å². The van der Waals surface area contributed by atoms with Crippen LogP contribution in [0.1, 0.15) is 25.3 Å². The number of halogens is 3. The summed E-state index contributed by atoms with van der Waals surface area (Å²) in [7, 11) is -4.22. The van der Waals surface area contributed by atoms with Gasteiger partial charge in [-0.25, -0.2) is 13.1 Å². The summed E-state index contributed by atoms with van der Waals surface area (Å²) in [5.41, 5.74) is -1.10. The average Bonchev–Trinajstić information content (AvgIpc) is 2.57. The van der Waals surface area contributed by atoms with Crippen molar-refractivity contribution in [3.8, 4) is 0 Å². The van der Waals surface area contributed by atoms with Crippen LogP contribution in [-0.4, -0.2) is 40.0 Å². The second kappa shape index (κ2) is 9.53. The Morgan fingerprint density at radius 1 is 1.19 bits per heavy atom. The van der Waals surface area contributed by atoms with Crippen LogP contribution in [0.25, 0.3) is 0 Å². The van der Waals surface area contributed by atoms with E-state index in [9.17, 15) is 31.2 Å². The standard InChI is InChI=1S/C15H19F3N2O5S/c1-2-7-19-13(21)10-25-14(22)6-8-20-26(23,24)12-5-3-4-11(9-12)15(16,17)18/h3-5,9,20H,2,6-8,10H2,1H3,(H,19,21). The Bertz CT molecular complexity index is 735. The summed E-state index contributed by atoms with van der Waals surface area (Å²) in [5, 5.41) is 2.49. The molecule has 0 aliphatic carbocycles. The summed E-state index contributed by atoms with van der Waals surface area (Å²) in [6.45, 7) is 1.42. The van der Waals surface area contributed by atoms with Gasteiger partial charge >= 0.3 is 12.1 Å². The summed E-state index contributed by atoms with van der Waals surface area (Å²) >= 11 is 0. The van der Waals surface area contributed by atoms with Crippen LogP contribution in [0.5, 0.6) is 0 Å². The molecule has 0 aliphatic rings. The Balaban J connectivity index is 2.51. The highest BCUT2D eigenvalue weighted by atomic mass is 32.2. The zero-order valence-electron chi connectivity index (χ0n) is 13.9. The van der Waals surface area contributed by atoms with Gasteiger partial charge in [-0.2, -0.15) is 13.2 Å². The Morgan fingerprint density at radius 3 is 2.50 bits per heavy atom. The summed E-state index contributed by atoms with van der Waals surface area (Å²) in [4.78, 5) is 22.1. The number of sulfonamides is 1. The van der Waals surface area contributed by atoms with Crippen molar-refractivity contribution < 1.29 is 35.9 Å². The monoisotopic (exact) mass is 396 g/mol. The quantitative estimate of drug-likeness (QED) is 0.615. The number of esters is 1. The van der Waals surface area contributed by atoms with Gasteiger partial charge in [0.1, 0.15) is 0 Å². The fraction of sp³-hybridized carbons (Fsp3) is 0.467. The Hall–Kier alpha value is -2.14. The minimum atomic E-state index is -4.67. The van der Waals surface area contributed by atoms with Crippen molar-refractivity contribution in [2.45, 2.75) is 30.8 Å². The van der Waals surface area contributed by atoms with E-state index in [1.54, 1.807) is 0 Å². The Morgan fingerprint density at radius 2 is 1.88 bits per heavy atom. The van der Waals surface area contributed by atoms with Crippen molar-refractivity contribution in [1.82, 2.24) is 10.0 Å². The summed E-state index contributed by atoms with van der Waals surface area (Å²) < 4.78 is 68.5. The van der Waals surface area contributed by atoms with Gasteiger partial charge in [0, 0.05) is 13.1 Å². The van der Waals surface area contributed by atoms with E-state index in [4.69, 9.17) is 0 Å². The number of carbonyl (C=O) groups is 2. The van der Waals surface area contributed by atoms with Crippen molar-refractivity contribution in [3.05, 3.63) is 29.8 Å². The van der Waals surface area contributed by atoms with Crippen molar-refractivity contribution in [2.75, 3.05) is 19.7 Å². The van der Waals surface area contributed by atoms with Gasteiger partial charge in [0.2, 0.25) is 10.0 Å². The van der Waals surface area contributed by atoms with Gasteiger partial charge < -0.3 is 10.1 Å². The second-order valence-corrected chi connectivity index (χ2v) is 6.95. The lowest BCUT2D eigenvalue weighted by Gasteiger charge is -2.10.